The number of rotatable bonds is 7. The Morgan fingerprint density at radius 3 is 2.33 bits per heavy atom. The first-order valence-electron chi connectivity index (χ1n) is 10.6. The number of para-hydroxylation sites is 2. The van der Waals surface area contributed by atoms with Crippen LogP contribution in [0.2, 0.25) is 5.02 Å². The summed E-state index contributed by atoms with van der Waals surface area (Å²) in [4.78, 5) is 37.6. The second-order valence-electron chi connectivity index (χ2n) is 7.63. The lowest BCUT2D eigenvalue weighted by Gasteiger charge is -2.10. The van der Waals surface area contributed by atoms with Crippen molar-refractivity contribution in [3.63, 3.8) is 0 Å². The van der Waals surface area contributed by atoms with Gasteiger partial charge in [-0.05, 0) is 42.0 Å². The smallest absolute Gasteiger partial charge is 0.271 e. The van der Waals surface area contributed by atoms with Crippen molar-refractivity contribution >= 4 is 46.4 Å². The van der Waals surface area contributed by atoms with Crippen molar-refractivity contribution in [2.45, 2.75) is 6.54 Å². The number of nitrogens with two attached hydrogens (primary N) is 1. The lowest BCUT2D eigenvalue weighted by atomic mass is 10.1. The van der Waals surface area contributed by atoms with Gasteiger partial charge in [-0.2, -0.15) is 5.10 Å². The zero-order valence-corrected chi connectivity index (χ0v) is 19.4. The van der Waals surface area contributed by atoms with Gasteiger partial charge in [-0.1, -0.05) is 41.9 Å². The Morgan fingerprint density at radius 2 is 1.61 bits per heavy atom. The van der Waals surface area contributed by atoms with E-state index < -0.39 is 17.6 Å². The van der Waals surface area contributed by atoms with Crippen molar-refractivity contribution in [2.24, 2.45) is 0 Å². The van der Waals surface area contributed by atoms with Crippen LogP contribution in [0.1, 0.15) is 36.8 Å². The second-order valence-corrected chi connectivity index (χ2v) is 8.04. The molecule has 0 unspecified atom stereocenters. The average Bonchev–Trinajstić information content (AvgIpc) is 3.32. The monoisotopic (exact) mass is 506 g/mol. The molecule has 36 heavy (non-hydrogen) atoms. The van der Waals surface area contributed by atoms with Crippen LogP contribution >= 0.6 is 11.6 Å². The predicted molar refractivity (Wildman–Crippen MR) is 134 cm³/mol. The van der Waals surface area contributed by atoms with E-state index in [-0.39, 0.29) is 34.4 Å². The van der Waals surface area contributed by atoms with Gasteiger partial charge in [0.25, 0.3) is 17.7 Å². The molecule has 0 spiro atoms. The number of amides is 3. The maximum absolute atomic E-state index is 14.0. The predicted octanol–water partition coefficient (Wildman–Crippen LogP) is 4.22. The van der Waals surface area contributed by atoms with Gasteiger partial charge in [0.1, 0.15) is 11.5 Å². The maximum Gasteiger partial charge on any atom is 0.271 e. The molecule has 6 N–H and O–H groups in total. The molecule has 0 aliphatic carbocycles. The molecule has 0 saturated heterocycles. The molecule has 0 aliphatic rings. The molecule has 0 bridgehead atoms. The Bertz CT molecular complexity index is 1420. The van der Waals surface area contributed by atoms with E-state index in [4.69, 9.17) is 17.3 Å². The molecule has 0 atom stereocenters. The summed E-state index contributed by atoms with van der Waals surface area (Å²) in [5, 5.41) is 14.1. The topological polar surface area (TPSA) is 142 Å². The second kappa shape index (κ2) is 10.7. The highest BCUT2D eigenvalue weighted by molar-refractivity contribution is 6.34. The van der Waals surface area contributed by atoms with Crippen LogP contribution in [0.25, 0.3) is 0 Å². The van der Waals surface area contributed by atoms with Gasteiger partial charge in [0.05, 0.1) is 33.8 Å². The highest BCUT2D eigenvalue weighted by Crippen LogP contribution is 2.22. The van der Waals surface area contributed by atoms with Crippen LogP contribution < -0.4 is 21.7 Å². The van der Waals surface area contributed by atoms with Crippen LogP contribution in [-0.2, 0) is 6.54 Å². The van der Waals surface area contributed by atoms with Gasteiger partial charge in [-0.3, -0.25) is 19.5 Å². The first-order chi connectivity index (χ1) is 17.3. The molecule has 0 saturated carbocycles. The zero-order valence-electron chi connectivity index (χ0n) is 18.6. The quantitative estimate of drug-likeness (QED) is 0.238. The van der Waals surface area contributed by atoms with Crippen molar-refractivity contribution in [3.8, 4) is 0 Å². The summed E-state index contributed by atoms with van der Waals surface area (Å²) in [6, 6.07) is 17.4. The molecular formula is C25H20ClFN6O3. The summed E-state index contributed by atoms with van der Waals surface area (Å²) in [6.07, 6.45) is 1.23. The number of carbonyl (C=O) groups excluding carboxylic acids is 3. The Morgan fingerprint density at radius 1 is 0.889 bits per heavy atom. The number of aromatic amines is 1. The number of nitrogens with zero attached hydrogens (tertiary/aromatic N) is 1. The molecule has 3 aromatic carbocycles. The SMILES string of the molecule is Nc1ccccc1NC(=O)c1ccc(CNC(=O)c2[nH]ncc2NC(=O)c2c(F)cccc2Cl)cc1. The molecule has 0 radical (unpaired) electrons. The molecule has 182 valence electrons. The minimum Gasteiger partial charge on any atom is -0.397 e. The summed E-state index contributed by atoms with van der Waals surface area (Å²) in [6.45, 7) is 0.137. The standard InChI is InChI=1S/C25H20ClFN6O3/c26-16-4-3-5-17(27)21(16)24(35)32-20-13-30-33-22(20)25(36)29-12-14-8-10-15(11-9-14)23(34)31-19-7-2-1-6-18(19)28/h1-11,13H,12,28H2,(H,29,36)(H,30,33)(H,31,34)(H,32,35). The summed E-state index contributed by atoms with van der Waals surface area (Å²) < 4.78 is 14.0. The largest absolute Gasteiger partial charge is 0.397 e. The summed E-state index contributed by atoms with van der Waals surface area (Å²) >= 11 is 5.93. The number of H-pyrrole nitrogens is 1. The van der Waals surface area contributed by atoms with Crippen LogP contribution in [0.5, 0.6) is 0 Å². The fourth-order valence-electron chi connectivity index (χ4n) is 3.30. The number of nitrogen functional groups attached to an aromatic ring is 1. The number of anilines is 3. The number of benzene rings is 3. The minimum absolute atomic E-state index is 0.0211. The number of halogens is 2. The van der Waals surface area contributed by atoms with Crippen LogP contribution in [0, 0.1) is 5.82 Å². The van der Waals surface area contributed by atoms with Crippen molar-refractivity contribution < 1.29 is 18.8 Å². The van der Waals surface area contributed by atoms with E-state index >= 15 is 0 Å². The first kappa shape index (κ1) is 24.4. The molecule has 1 heterocycles. The Kier molecular flexibility index (Phi) is 7.26. The summed E-state index contributed by atoms with van der Waals surface area (Å²) in [7, 11) is 0. The highest BCUT2D eigenvalue weighted by atomic mass is 35.5. The molecule has 0 fully saturated rings. The number of hydrogen-bond donors (Lipinski definition) is 5. The third-order valence-electron chi connectivity index (χ3n) is 5.18. The molecule has 4 aromatic rings. The lowest BCUT2D eigenvalue weighted by molar-refractivity contribution is 0.0945. The minimum atomic E-state index is -0.820. The summed E-state index contributed by atoms with van der Waals surface area (Å²) in [5.74, 6) is -2.49. The Hall–Kier alpha value is -4.70. The van der Waals surface area contributed by atoms with Gasteiger partial charge in [0, 0.05) is 12.1 Å². The number of carbonyl (C=O) groups is 3. The van der Waals surface area contributed by atoms with E-state index in [1.54, 1.807) is 48.5 Å². The van der Waals surface area contributed by atoms with Crippen LogP contribution in [0.15, 0.2) is 72.9 Å². The molecule has 4 rings (SSSR count). The fraction of sp³-hybridized carbons (Fsp3) is 0.0400. The van der Waals surface area contributed by atoms with E-state index in [1.165, 1.54) is 18.3 Å². The number of hydrogen-bond acceptors (Lipinski definition) is 5. The first-order valence-corrected chi connectivity index (χ1v) is 11.0. The van der Waals surface area contributed by atoms with Crippen LogP contribution in [-0.4, -0.2) is 27.9 Å². The van der Waals surface area contributed by atoms with Gasteiger partial charge in [-0.15, -0.1) is 0 Å². The van der Waals surface area contributed by atoms with E-state index in [1.807, 2.05) is 0 Å². The van der Waals surface area contributed by atoms with Gasteiger partial charge < -0.3 is 21.7 Å². The summed E-state index contributed by atoms with van der Waals surface area (Å²) in [5.41, 5.74) is 7.66. The van der Waals surface area contributed by atoms with E-state index in [9.17, 15) is 18.8 Å². The molecule has 9 nitrogen and oxygen atoms in total. The Balaban J connectivity index is 1.36. The van der Waals surface area contributed by atoms with Gasteiger partial charge in [0.15, 0.2) is 0 Å². The van der Waals surface area contributed by atoms with Gasteiger partial charge >= 0.3 is 0 Å². The molecule has 3 amide bonds. The molecule has 1 aromatic heterocycles. The van der Waals surface area contributed by atoms with Crippen LogP contribution in [0.3, 0.4) is 0 Å². The number of nitrogens with one attached hydrogen (secondary N) is 4. The normalized spacial score (nSPS) is 10.5. The van der Waals surface area contributed by atoms with Crippen molar-refractivity contribution in [2.75, 3.05) is 16.4 Å². The molecule has 0 aliphatic heterocycles. The third-order valence-corrected chi connectivity index (χ3v) is 5.50. The van der Waals surface area contributed by atoms with Crippen molar-refractivity contribution in [3.05, 3.63) is 106 Å². The van der Waals surface area contributed by atoms with E-state index in [2.05, 4.69) is 26.1 Å². The van der Waals surface area contributed by atoms with Gasteiger partial charge in [0.2, 0.25) is 0 Å². The van der Waals surface area contributed by atoms with E-state index in [0.717, 1.165) is 11.6 Å². The Labute approximate surface area is 209 Å². The highest BCUT2D eigenvalue weighted by Gasteiger charge is 2.20. The zero-order chi connectivity index (χ0) is 25.7. The molecule has 11 heteroatoms. The van der Waals surface area contributed by atoms with Crippen molar-refractivity contribution in [1.82, 2.24) is 15.5 Å². The third kappa shape index (κ3) is 5.50. The van der Waals surface area contributed by atoms with Crippen molar-refractivity contribution in [1.29, 1.82) is 0 Å². The number of aromatic nitrogens is 2. The molecular weight excluding hydrogens is 487 g/mol. The van der Waals surface area contributed by atoms with Crippen LogP contribution in [0.4, 0.5) is 21.5 Å². The maximum atomic E-state index is 14.0. The van der Waals surface area contributed by atoms with Gasteiger partial charge in [-0.25, -0.2) is 4.39 Å². The fourth-order valence-corrected chi connectivity index (χ4v) is 3.55. The van der Waals surface area contributed by atoms with E-state index in [0.29, 0.717) is 16.9 Å². The average molecular weight is 507 g/mol. The lowest BCUT2D eigenvalue weighted by Crippen LogP contribution is -2.25.